The first-order valence-corrected chi connectivity index (χ1v) is 4.70. The standard InChI is InChI=1S/C7H5N5O2S/c13-12(14)7-2-1-6(15-7)3-10-11-4-8-9-5-11/h1-5H/b10-3+. The van der Waals surface area contributed by atoms with Crippen molar-refractivity contribution in [3.8, 4) is 0 Å². The van der Waals surface area contributed by atoms with Crippen molar-refractivity contribution in [2.75, 3.05) is 0 Å². The zero-order chi connectivity index (χ0) is 10.7. The van der Waals surface area contributed by atoms with Gasteiger partial charge < -0.3 is 0 Å². The number of rotatable bonds is 3. The molecule has 0 aromatic carbocycles. The van der Waals surface area contributed by atoms with Gasteiger partial charge in [-0.2, -0.15) is 5.10 Å². The molecule has 0 atom stereocenters. The van der Waals surface area contributed by atoms with E-state index >= 15 is 0 Å². The van der Waals surface area contributed by atoms with E-state index < -0.39 is 4.92 Å². The lowest BCUT2D eigenvalue weighted by Gasteiger charge is -1.85. The van der Waals surface area contributed by atoms with E-state index in [0.29, 0.717) is 4.88 Å². The summed E-state index contributed by atoms with van der Waals surface area (Å²) in [6, 6.07) is 3.08. The Labute approximate surface area is 87.8 Å². The Morgan fingerprint density at radius 2 is 2.20 bits per heavy atom. The maximum Gasteiger partial charge on any atom is 0.324 e. The molecule has 0 saturated carbocycles. The van der Waals surface area contributed by atoms with Crippen molar-refractivity contribution in [1.29, 1.82) is 0 Å². The van der Waals surface area contributed by atoms with Crippen LogP contribution in [0.2, 0.25) is 0 Å². The van der Waals surface area contributed by atoms with Crippen molar-refractivity contribution < 1.29 is 4.92 Å². The molecule has 0 N–H and O–H groups in total. The van der Waals surface area contributed by atoms with Crippen molar-refractivity contribution >= 4 is 22.6 Å². The molecule has 2 heterocycles. The van der Waals surface area contributed by atoms with E-state index in [0.717, 1.165) is 11.3 Å². The molecular weight excluding hydrogens is 218 g/mol. The molecule has 0 aliphatic rings. The molecule has 0 radical (unpaired) electrons. The van der Waals surface area contributed by atoms with Crippen LogP contribution in [0.15, 0.2) is 29.9 Å². The summed E-state index contributed by atoms with van der Waals surface area (Å²) in [6.07, 6.45) is 4.37. The van der Waals surface area contributed by atoms with Gasteiger partial charge in [-0.25, -0.2) is 4.68 Å². The molecule has 0 aliphatic carbocycles. The second kappa shape index (κ2) is 3.96. The van der Waals surface area contributed by atoms with Gasteiger partial charge >= 0.3 is 5.00 Å². The highest BCUT2D eigenvalue weighted by Gasteiger charge is 2.07. The lowest BCUT2D eigenvalue weighted by Crippen LogP contribution is -1.84. The van der Waals surface area contributed by atoms with Gasteiger partial charge in [0.1, 0.15) is 12.7 Å². The first kappa shape index (κ1) is 9.46. The highest BCUT2D eigenvalue weighted by molar-refractivity contribution is 7.16. The Balaban J connectivity index is 2.14. The molecule has 7 nitrogen and oxygen atoms in total. The predicted molar refractivity (Wildman–Crippen MR) is 54.0 cm³/mol. The van der Waals surface area contributed by atoms with Crippen molar-refractivity contribution in [2.45, 2.75) is 0 Å². The lowest BCUT2D eigenvalue weighted by atomic mass is 10.5. The Hall–Kier alpha value is -2.09. The molecule has 0 fully saturated rings. The van der Waals surface area contributed by atoms with Crippen molar-refractivity contribution in [2.24, 2.45) is 5.10 Å². The van der Waals surface area contributed by atoms with Gasteiger partial charge in [0.05, 0.1) is 16.0 Å². The Bertz CT molecular complexity index is 489. The summed E-state index contributed by atoms with van der Waals surface area (Å²) in [5.41, 5.74) is 0. The van der Waals surface area contributed by atoms with Gasteiger partial charge in [-0.15, -0.1) is 10.2 Å². The minimum absolute atomic E-state index is 0.0974. The molecule has 0 saturated heterocycles. The molecule has 15 heavy (non-hydrogen) atoms. The van der Waals surface area contributed by atoms with E-state index in [1.165, 1.54) is 29.6 Å². The maximum absolute atomic E-state index is 10.4. The van der Waals surface area contributed by atoms with Crippen LogP contribution < -0.4 is 0 Å². The van der Waals surface area contributed by atoms with Crippen LogP contribution in [-0.4, -0.2) is 26.0 Å². The molecular formula is C7H5N5O2S. The third-order valence-electron chi connectivity index (χ3n) is 1.52. The van der Waals surface area contributed by atoms with E-state index in [2.05, 4.69) is 15.3 Å². The maximum atomic E-state index is 10.4. The summed E-state index contributed by atoms with van der Waals surface area (Å²) < 4.78 is 1.41. The van der Waals surface area contributed by atoms with Gasteiger partial charge in [0.15, 0.2) is 0 Å². The van der Waals surface area contributed by atoms with Crippen LogP contribution >= 0.6 is 11.3 Å². The van der Waals surface area contributed by atoms with Crippen LogP contribution in [0.5, 0.6) is 0 Å². The van der Waals surface area contributed by atoms with Gasteiger partial charge in [-0.1, -0.05) is 11.3 Å². The smallest absolute Gasteiger partial charge is 0.258 e. The average Bonchev–Trinajstić information content (AvgIpc) is 2.86. The first-order valence-electron chi connectivity index (χ1n) is 3.89. The van der Waals surface area contributed by atoms with Crippen LogP contribution in [0.1, 0.15) is 4.88 Å². The van der Waals surface area contributed by atoms with Crippen molar-refractivity contribution in [3.05, 3.63) is 39.8 Å². The molecule has 0 spiro atoms. The zero-order valence-electron chi connectivity index (χ0n) is 7.35. The Kier molecular flexibility index (Phi) is 2.50. The summed E-state index contributed by atoms with van der Waals surface area (Å²) >= 11 is 1.06. The number of aromatic nitrogens is 3. The minimum atomic E-state index is -0.430. The average molecular weight is 223 g/mol. The highest BCUT2D eigenvalue weighted by atomic mass is 32.1. The quantitative estimate of drug-likeness (QED) is 0.443. The van der Waals surface area contributed by atoms with E-state index in [4.69, 9.17) is 0 Å². The van der Waals surface area contributed by atoms with Gasteiger partial charge in [-0.05, 0) is 6.07 Å². The number of nitro groups is 1. The number of hydrogen-bond acceptors (Lipinski definition) is 6. The van der Waals surface area contributed by atoms with Crippen LogP contribution in [0.25, 0.3) is 0 Å². The summed E-state index contributed by atoms with van der Waals surface area (Å²) in [6.45, 7) is 0. The molecule has 2 aromatic heterocycles. The van der Waals surface area contributed by atoms with Gasteiger partial charge in [-0.3, -0.25) is 10.1 Å². The fraction of sp³-hybridized carbons (Fsp3) is 0. The molecule has 2 aromatic rings. The molecule has 0 amide bonds. The monoisotopic (exact) mass is 223 g/mol. The molecule has 8 heteroatoms. The van der Waals surface area contributed by atoms with E-state index in [9.17, 15) is 10.1 Å². The Morgan fingerprint density at radius 3 is 2.80 bits per heavy atom. The minimum Gasteiger partial charge on any atom is -0.258 e. The molecule has 0 aliphatic heterocycles. The fourth-order valence-electron chi connectivity index (χ4n) is 0.888. The lowest BCUT2D eigenvalue weighted by molar-refractivity contribution is -0.380. The van der Waals surface area contributed by atoms with Gasteiger partial charge in [0.2, 0.25) is 0 Å². The SMILES string of the molecule is O=[N+]([O-])c1ccc(/C=N/n2cnnc2)s1. The van der Waals surface area contributed by atoms with E-state index in [1.807, 2.05) is 0 Å². The van der Waals surface area contributed by atoms with Crippen LogP contribution in [0, 0.1) is 10.1 Å². The van der Waals surface area contributed by atoms with E-state index in [-0.39, 0.29) is 5.00 Å². The summed E-state index contributed by atoms with van der Waals surface area (Å²) in [4.78, 5) is 10.7. The van der Waals surface area contributed by atoms with E-state index in [1.54, 1.807) is 6.07 Å². The second-order valence-electron chi connectivity index (χ2n) is 2.52. The van der Waals surface area contributed by atoms with Gasteiger partial charge in [0, 0.05) is 6.07 Å². The third kappa shape index (κ3) is 2.23. The van der Waals surface area contributed by atoms with Crippen molar-refractivity contribution in [3.63, 3.8) is 0 Å². The number of thiophene rings is 1. The normalized spacial score (nSPS) is 10.9. The Morgan fingerprint density at radius 1 is 1.47 bits per heavy atom. The van der Waals surface area contributed by atoms with Crippen molar-refractivity contribution in [1.82, 2.24) is 14.9 Å². The highest BCUT2D eigenvalue weighted by Crippen LogP contribution is 2.22. The molecule has 2 rings (SSSR count). The van der Waals surface area contributed by atoms with Crippen LogP contribution in [0.3, 0.4) is 0 Å². The molecule has 0 unspecified atom stereocenters. The third-order valence-corrected chi connectivity index (χ3v) is 2.49. The largest absolute Gasteiger partial charge is 0.324 e. The van der Waals surface area contributed by atoms with Crippen LogP contribution in [0.4, 0.5) is 5.00 Å². The summed E-state index contributed by atoms with van der Waals surface area (Å²) in [7, 11) is 0. The predicted octanol–water partition coefficient (Wildman–Crippen LogP) is 1.13. The fourth-order valence-corrected chi connectivity index (χ4v) is 1.58. The molecule has 0 bridgehead atoms. The summed E-state index contributed by atoms with van der Waals surface area (Å²) in [5.74, 6) is 0. The first-order chi connectivity index (χ1) is 7.25. The van der Waals surface area contributed by atoms with Crippen LogP contribution in [-0.2, 0) is 0 Å². The summed E-state index contributed by atoms with van der Waals surface area (Å²) in [5, 5.41) is 21.6. The zero-order valence-corrected chi connectivity index (χ0v) is 8.16. The number of hydrogen-bond donors (Lipinski definition) is 0. The second-order valence-corrected chi connectivity index (χ2v) is 3.61. The van der Waals surface area contributed by atoms with Gasteiger partial charge in [0.25, 0.3) is 0 Å². The molecule has 76 valence electrons. The number of nitrogens with zero attached hydrogens (tertiary/aromatic N) is 5. The topological polar surface area (TPSA) is 86.2 Å².